The number of halogens is 3. The lowest BCUT2D eigenvalue weighted by Gasteiger charge is -2.22. The highest BCUT2D eigenvalue weighted by atomic mass is 19.4. The van der Waals surface area contributed by atoms with Gasteiger partial charge in [0, 0.05) is 43.1 Å². The summed E-state index contributed by atoms with van der Waals surface area (Å²) < 4.78 is 39.0. The zero-order valence-corrected chi connectivity index (χ0v) is 16.4. The third-order valence-electron chi connectivity index (χ3n) is 4.51. The number of hydrogen-bond acceptors (Lipinski definition) is 3. The molecule has 152 valence electrons. The molecular weight excluding hydrogens is 367 g/mol. The molecular formula is C21H26F3N3O. The van der Waals surface area contributed by atoms with E-state index in [1.807, 2.05) is 25.1 Å². The van der Waals surface area contributed by atoms with Gasteiger partial charge in [-0.25, -0.2) is 0 Å². The zero-order valence-electron chi connectivity index (χ0n) is 16.4. The normalized spacial score (nSPS) is 11.2. The quantitative estimate of drug-likeness (QED) is 0.640. The second kappa shape index (κ2) is 9.48. The van der Waals surface area contributed by atoms with E-state index in [0.29, 0.717) is 5.69 Å². The fraction of sp³-hybridized carbons (Fsp3) is 0.381. The van der Waals surface area contributed by atoms with Gasteiger partial charge >= 0.3 is 6.18 Å². The molecule has 0 aliphatic heterocycles. The summed E-state index contributed by atoms with van der Waals surface area (Å²) in [5.41, 5.74) is 1.97. The Kier molecular flexibility index (Phi) is 7.31. The Morgan fingerprint density at radius 3 is 2.32 bits per heavy atom. The molecule has 0 heterocycles. The van der Waals surface area contributed by atoms with Crippen molar-refractivity contribution in [3.05, 3.63) is 53.6 Å². The number of amides is 1. The number of aryl methyl sites for hydroxylation is 1. The van der Waals surface area contributed by atoms with Gasteiger partial charge in [0.25, 0.3) is 0 Å². The summed E-state index contributed by atoms with van der Waals surface area (Å²) >= 11 is 0. The van der Waals surface area contributed by atoms with Crippen molar-refractivity contribution in [1.82, 2.24) is 0 Å². The van der Waals surface area contributed by atoms with Crippen LogP contribution in [0.5, 0.6) is 0 Å². The molecule has 0 fully saturated rings. The van der Waals surface area contributed by atoms with E-state index in [0.717, 1.165) is 30.4 Å². The highest BCUT2D eigenvalue weighted by Gasteiger charge is 2.33. The molecule has 2 N–H and O–H groups in total. The van der Waals surface area contributed by atoms with E-state index in [1.54, 1.807) is 0 Å². The van der Waals surface area contributed by atoms with Crippen LogP contribution in [0, 0.1) is 6.92 Å². The van der Waals surface area contributed by atoms with Gasteiger partial charge in [0.05, 0.1) is 5.56 Å². The number of hydrogen-bond donors (Lipinski definition) is 2. The molecule has 1 amide bonds. The Labute approximate surface area is 163 Å². The third-order valence-corrected chi connectivity index (χ3v) is 4.51. The van der Waals surface area contributed by atoms with E-state index in [2.05, 4.69) is 29.4 Å². The standard InChI is InChI=1S/C21H26F3N3O/c1-4-27(5-2)16-10-11-18(15(3)14-16)26-20(28)12-13-25-19-9-7-6-8-17(19)21(22,23)24/h6-11,14,25H,4-5,12-13H2,1-3H3,(H,26,28). The van der Waals surface area contributed by atoms with Crippen molar-refractivity contribution >= 4 is 23.0 Å². The first kappa shape index (κ1) is 21.6. The van der Waals surface area contributed by atoms with Crippen molar-refractivity contribution in [3.63, 3.8) is 0 Å². The maximum Gasteiger partial charge on any atom is 0.418 e. The van der Waals surface area contributed by atoms with Gasteiger partial charge in [0.1, 0.15) is 0 Å². The van der Waals surface area contributed by atoms with Crippen LogP contribution < -0.4 is 15.5 Å². The lowest BCUT2D eigenvalue weighted by atomic mass is 10.1. The Morgan fingerprint density at radius 2 is 1.71 bits per heavy atom. The average Bonchev–Trinajstić information content (AvgIpc) is 2.64. The van der Waals surface area contributed by atoms with Crippen LogP contribution in [0.2, 0.25) is 0 Å². The number of nitrogens with zero attached hydrogens (tertiary/aromatic N) is 1. The van der Waals surface area contributed by atoms with E-state index in [-0.39, 0.29) is 24.6 Å². The molecule has 7 heteroatoms. The molecule has 0 atom stereocenters. The van der Waals surface area contributed by atoms with Crippen molar-refractivity contribution in [1.29, 1.82) is 0 Å². The van der Waals surface area contributed by atoms with Gasteiger partial charge in [-0.15, -0.1) is 0 Å². The van der Waals surface area contributed by atoms with E-state index < -0.39 is 11.7 Å². The molecule has 0 aromatic heterocycles. The fourth-order valence-electron chi connectivity index (χ4n) is 2.98. The first-order chi connectivity index (χ1) is 13.3. The van der Waals surface area contributed by atoms with Crippen LogP contribution in [0.4, 0.5) is 30.2 Å². The van der Waals surface area contributed by atoms with Gasteiger partial charge in [0.15, 0.2) is 0 Å². The van der Waals surface area contributed by atoms with Crippen LogP contribution in [0.15, 0.2) is 42.5 Å². The highest BCUT2D eigenvalue weighted by molar-refractivity contribution is 5.92. The van der Waals surface area contributed by atoms with Crippen molar-refractivity contribution < 1.29 is 18.0 Å². The predicted octanol–water partition coefficient (Wildman–Crippen LogP) is 5.30. The SMILES string of the molecule is CCN(CC)c1ccc(NC(=O)CCNc2ccccc2C(F)(F)F)c(C)c1. The number of alkyl halides is 3. The van der Waals surface area contributed by atoms with Crippen molar-refractivity contribution in [2.45, 2.75) is 33.4 Å². The molecule has 0 radical (unpaired) electrons. The van der Waals surface area contributed by atoms with E-state index in [1.165, 1.54) is 18.2 Å². The molecule has 0 unspecified atom stereocenters. The van der Waals surface area contributed by atoms with Crippen molar-refractivity contribution in [2.75, 3.05) is 35.2 Å². The summed E-state index contributed by atoms with van der Waals surface area (Å²) in [6.07, 6.45) is -4.38. The number of rotatable bonds is 8. The maximum absolute atomic E-state index is 13.0. The summed E-state index contributed by atoms with van der Waals surface area (Å²) in [6, 6.07) is 11.1. The highest BCUT2D eigenvalue weighted by Crippen LogP contribution is 2.34. The van der Waals surface area contributed by atoms with E-state index in [9.17, 15) is 18.0 Å². The lowest BCUT2D eigenvalue weighted by molar-refractivity contribution is -0.137. The number of carbonyl (C=O) groups is 1. The van der Waals surface area contributed by atoms with Gasteiger partial charge in [-0.3, -0.25) is 4.79 Å². The Balaban J connectivity index is 1.94. The summed E-state index contributed by atoms with van der Waals surface area (Å²) in [7, 11) is 0. The van der Waals surface area contributed by atoms with Gasteiger partial charge in [-0.1, -0.05) is 12.1 Å². The largest absolute Gasteiger partial charge is 0.418 e. The summed E-state index contributed by atoms with van der Waals surface area (Å²) in [5.74, 6) is -0.254. The molecule has 2 aromatic rings. The van der Waals surface area contributed by atoms with Crippen LogP contribution in [0.3, 0.4) is 0 Å². The van der Waals surface area contributed by atoms with E-state index in [4.69, 9.17) is 0 Å². The number of anilines is 3. The molecule has 2 rings (SSSR count). The molecule has 0 bridgehead atoms. The smallest absolute Gasteiger partial charge is 0.384 e. The summed E-state index contributed by atoms with van der Waals surface area (Å²) in [5, 5.41) is 5.53. The Bertz CT molecular complexity index is 802. The van der Waals surface area contributed by atoms with Gasteiger partial charge < -0.3 is 15.5 Å². The average molecular weight is 393 g/mol. The van der Waals surface area contributed by atoms with Crippen LogP contribution >= 0.6 is 0 Å². The number of nitrogens with one attached hydrogen (secondary N) is 2. The molecule has 0 aliphatic rings. The molecule has 0 saturated heterocycles. The first-order valence-electron chi connectivity index (χ1n) is 9.31. The van der Waals surface area contributed by atoms with Crippen LogP contribution in [0.1, 0.15) is 31.4 Å². The van der Waals surface area contributed by atoms with Crippen LogP contribution in [0.25, 0.3) is 0 Å². The second-order valence-corrected chi connectivity index (χ2v) is 6.44. The Hall–Kier alpha value is -2.70. The van der Waals surface area contributed by atoms with Gasteiger partial charge in [-0.05, 0) is 56.7 Å². The van der Waals surface area contributed by atoms with Crippen LogP contribution in [-0.2, 0) is 11.0 Å². The molecule has 0 spiro atoms. The topological polar surface area (TPSA) is 44.4 Å². The predicted molar refractivity (Wildman–Crippen MR) is 108 cm³/mol. The molecule has 0 saturated carbocycles. The summed E-state index contributed by atoms with van der Waals surface area (Å²) in [6.45, 7) is 7.98. The Morgan fingerprint density at radius 1 is 1.04 bits per heavy atom. The maximum atomic E-state index is 13.0. The van der Waals surface area contributed by atoms with Crippen LogP contribution in [-0.4, -0.2) is 25.5 Å². The molecule has 0 aliphatic carbocycles. The van der Waals surface area contributed by atoms with Crippen molar-refractivity contribution in [3.8, 4) is 0 Å². The number of carbonyl (C=O) groups excluding carboxylic acids is 1. The second-order valence-electron chi connectivity index (χ2n) is 6.44. The molecule has 28 heavy (non-hydrogen) atoms. The first-order valence-corrected chi connectivity index (χ1v) is 9.31. The fourth-order valence-corrected chi connectivity index (χ4v) is 2.98. The minimum atomic E-state index is -4.43. The lowest BCUT2D eigenvalue weighted by Crippen LogP contribution is -2.22. The van der Waals surface area contributed by atoms with Crippen molar-refractivity contribution in [2.24, 2.45) is 0 Å². The van der Waals surface area contributed by atoms with Gasteiger partial charge in [0.2, 0.25) is 5.91 Å². The minimum Gasteiger partial charge on any atom is -0.384 e. The monoisotopic (exact) mass is 393 g/mol. The zero-order chi connectivity index (χ0) is 20.7. The number of para-hydroxylation sites is 1. The summed E-state index contributed by atoms with van der Waals surface area (Å²) in [4.78, 5) is 14.4. The molecule has 2 aromatic carbocycles. The molecule has 4 nitrogen and oxygen atoms in total. The third kappa shape index (κ3) is 5.65. The van der Waals surface area contributed by atoms with E-state index >= 15 is 0 Å². The van der Waals surface area contributed by atoms with Gasteiger partial charge in [-0.2, -0.15) is 13.2 Å². The minimum absolute atomic E-state index is 0.0254. The number of benzene rings is 2.